The van der Waals surface area contributed by atoms with Crippen LogP contribution in [-0.4, -0.2) is 19.4 Å². The van der Waals surface area contributed by atoms with Gasteiger partial charge in [-0.1, -0.05) is 24.3 Å². The Morgan fingerprint density at radius 2 is 2.07 bits per heavy atom. The van der Waals surface area contributed by atoms with Gasteiger partial charge in [-0.05, 0) is 17.9 Å². The first kappa shape index (κ1) is 9.90. The standard InChI is InChI=1S/C12H12O3/c1-15-12(14)11-6-10(11)9-4-2-8(7-13)3-5-9/h2-5,7,10-11H,6H2,1H3. The Kier molecular flexibility index (Phi) is 2.54. The van der Waals surface area contributed by atoms with Gasteiger partial charge in [-0.2, -0.15) is 0 Å². The summed E-state index contributed by atoms with van der Waals surface area (Å²) in [7, 11) is 1.41. The van der Waals surface area contributed by atoms with Crippen molar-refractivity contribution in [1.82, 2.24) is 0 Å². The average Bonchev–Trinajstić information content (AvgIpc) is 3.08. The summed E-state index contributed by atoms with van der Waals surface area (Å²) in [6.07, 6.45) is 1.67. The molecule has 1 saturated carbocycles. The highest BCUT2D eigenvalue weighted by atomic mass is 16.5. The van der Waals surface area contributed by atoms with E-state index in [1.54, 1.807) is 12.1 Å². The van der Waals surface area contributed by atoms with Crippen molar-refractivity contribution in [2.45, 2.75) is 12.3 Å². The van der Waals surface area contributed by atoms with E-state index in [0.29, 0.717) is 5.56 Å². The van der Waals surface area contributed by atoms with E-state index in [-0.39, 0.29) is 17.8 Å². The molecule has 15 heavy (non-hydrogen) atoms. The van der Waals surface area contributed by atoms with Crippen molar-refractivity contribution in [2.24, 2.45) is 5.92 Å². The lowest BCUT2D eigenvalue weighted by molar-refractivity contribution is -0.142. The molecular weight excluding hydrogens is 192 g/mol. The number of esters is 1. The molecule has 3 heteroatoms. The minimum atomic E-state index is -0.139. The molecule has 0 bridgehead atoms. The molecule has 1 aromatic rings. The van der Waals surface area contributed by atoms with Crippen molar-refractivity contribution >= 4 is 12.3 Å². The maximum absolute atomic E-state index is 11.2. The monoisotopic (exact) mass is 204 g/mol. The summed E-state index contributed by atoms with van der Waals surface area (Å²) in [5.41, 5.74) is 1.77. The number of carbonyl (C=O) groups excluding carboxylic acids is 2. The Labute approximate surface area is 88.1 Å². The summed E-state index contributed by atoms with van der Waals surface area (Å²) < 4.78 is 4.68. The second-order valence-corrected chi connectivity index (χ2v) is 3.76. The molecule has 1 fully saturated rings. The van der Waals surface area contributed by atoms with Crippen LogP contribution < -0.4 is 0 Å². The first-order valence-electron chi connectivity index (χ1n) is 4.89. The fourth-order valence-electron chi connectivity index (χ4n) is 1.80. The highest BCUT2D eigenvalue weighted by Crippen LogP contribution is 2.47. The van der Waals surface area contributed by atoms with Crippen LogP contribution in [0.2, 0.25) is 0 Å². The average molecular weight is 204 g/mol. The van der Waals surface area contributed by atoms with Crippen molar-refractivity contribution in [3.05, 3.63) is 35.4 Å². The maximum atomic E-state index is 11.2. The lowest BCUT2D eigenvalue weighted by Gasteiger charge is -1.99. The van der Waals surface area contributed by atoms with Crippen LogP contribution in [0.3, 0.4) is 0 Å². The molecule has 1 aliphatic rings. The normalized spacial score (nSPS) is 23.3. The summed E-state index contributed by atoms with van der Waals surface area (Å²) in [6, 6.07) is 7.35. The van der Waals surface area contributed by atoms with E-state index in [1.807, 2.05) is 12.1 Å². The van der Waals surface area contributed by atoms with Gasteiger partial charge in [0.05, 0.1) is 13.0 Å². The van der Waals surface area contributed by atoms with E-state index in [0.717, 1.165) is 18.3 Å². The molecule has 0 N–H and O–H groups in total. The molecule has 3 nitrogen and oxygen atoms in total. The molecule has 0 heterocycles. The van der Waals surface area contributed by atoms with E-state index in [4.69, 9.17) is 0 Å². The van der Waals surface area contributed by atoms with Gasteiger partial charge in [0.2, 0.25) is 0 Å². The van der Waals surface area contributed by atoms with Gasteiger partial charge in [-0.15, -0.1) is 0 Å². The predicted molar refractivity (Wildman–Crippen MR) is 54.7 cm³/mol. The van der Waals surface area contributed by atoms with Crippen LogP contribution in [0.5, 0.6) is 0 Å². The number of rotatable bonds is 3. The zero-order valence-corrected chi connectivity index (χ0v) is 8.47. The number of methoxy groups -OCH3 is 1. The zero-order chi connectivity index (χ0) is 10.8. The van der Waals surface area contributed by atoms with E-state index in [1.165, 1.54) is 7.11 Å². The third-order valence-corrected chi connectivity index (χ3v) is 2.80. The van der Waals surface area contributed by atoms with E-state index in [9.17, 15) is 9.59 Å². The van der Waals surface area contributed by atoms with E-state index >= 15 is 0 Å². The molecule has 0 saturated heterocycles. The van der Waals surface area contributed by atoms with Crippen molar-refractivity contribution in [2.75, 3.05) is 7.11 Å². The third kappa shape index (κ3) is 1.91. The molecule has 0 radical (unpaired) electrons. The minimum absolute atomic E-state index is 0.0112. The summed E-state index contributed by atoms with van der Waals surface area (Å²) in [4.78, 5) is 21.7. The maximum Gasteiger partial charge on any atom is 0.309 e. The van der Waals surface area contributed by atoms with Gasteiger partial charge in [0.25, 0.3) is 0 Å². The number of benzene rings is 1. The first-order valence-corrected chi connectivity index (χ1v) is 4.89. The van der Waals surface area contributed by atoms with Gasteiger partial charge < -0.3 is 4.74 Å². The second kappa shape index (κ2) is 3.85. The van der Waals surface area contributed by atoms with Crippen molar-refractivity contribution < 1.29 is 14.3 Å². The van der Waals surface area contributed by atoms with Crippen LogP contribution in [0.4, 0.5) is 0 Å². The van der Waals surface area contributed by atoms with Gasteiger partial charge in [0, 0.05) is 5.56 Å². The van der Waals surface area contributed by atoms with Gasteiger partial charge in [-0.3, -0.25) is 9.59 Å². The summed E-state index contributed by atoms with van der Waals surface area (Å²) in [6.45, 7) is 0. The van der Waals surface area contributed by atoms with Crippen LogP contribution in [0.1, 0.15) is 28.3 Å². The number of hydrogen-bond donors (Lipinski definition) is 0. The van der Waals surface area contributed by atoms with E-state index < -0.39 is 0 Å². The van der Waals surface area contributed by atoms with Crippen molar-refractivity contribution in [3.8, 4) is 0 Å². The Balaban J connectivity index is 2.07. The number of aldehydes is 1. The summed E-state index contributed by atoms with van der Waals surface area (Å²) in [5, 5.41) is 0. The molecule has 0 spiro atoms. The SMILES string of the molecule is COC(=O)C1CC1c1ccc(C=O)cc1. The largest absolute Gasteiger partial charge is 0.469 e. The topological polar surface area (TPSA) is 43.4 Å². The fraction of sp³-hybridized carbons (Fsp3) is 0.333. The number of ether oxygens (including phenoxy) is 1. The van der Waals surface area contributed by atoms with Gasteiger partial charge in [0.1, 0.15) is 6.29 Å². The minimum Gasteiger partial charge on any atom is -0.469 e. The molecule has 1 aliphatic carbocycles. The van der Waals surface area contributed by atoms with Crippen LogP contribution in [0.15, 0.2) is 24.3 Å². The smallest absolute Gasteiger partial charge is 0.309 e. The number of carbonyl (C=O) groups is 2. The molecule has 0 aliphatic heterocycles. The molecule has 1 aromatic carbocycles. The lowest BCUT2D eigenvalue weighted by atomic mass is 10.1. The molecule has 78 valence electrons. The van der Waals surface area contributed by atoms with Gasteiger partial charge in [0.15, 0.2) is 0 Å². The van der Waals surface area contributed by atoms with E-state index in [2.05, 4.69) is 4.74 Å². The van der Waals surface area contributed by atoms with Crippen molar-refractivity contribution in [1.29, 1.82) is 0 Å². The Bertz CT molecular complexity index is 380. The highest BCUT2D eigenvalue weighted by molar-refractivity contribution is 5.78. The predicted octanol–water partition coefficient (Wildman–Crippen LogP) is 1.78. The summed E-state index contributed by atoms with van der Waals surface area (Å²) >= 11 is 0. The summed E-state index contributed by atoms with van der Waals surface area (Å²) in [5.74, 6) is 0.148. The molecule has 0 aromatic heterocycles. The first-order chi connectivity index (χ1) is 7.26. The zero-order valence-electron chi connectivity index (χ0n) is 8.47. The quantitative estimate of drug-likeness (QED) is 0.556. The van der Waals surface area contributed by atoms with Gasteiger partial charge >= 0.3 is 5.97 Å². The molecule has 2 unspecified atom stereocenters. The number of hydrogen-bond acceptors (Lipinski definition) is 3. The highest BCUT2D eigenvalue weighted by Gasteiger charge is 2.44. The fourth-order valence-corrected chi connectivity index (χ4v) is 1.80. The Hall–Kier alpha value is -1.64. The molecule has 2 atom stereocenters. The molecular formula is C12H12O3. The third-order valence-electron chi connectivity index (χ3n) is 2.80. The molecule has 0 amide bonds. The van der Waals surface area contributed by atoms with Crippen LogP contribution >= 0.6 is 0 Å². The Morgan fingerprint density at radius 1 is 1.40 bits per heavy atom. The lowest BCUT2D eigenvalue weighted by Crippen LogP contribution is -2.03. The van der Waals surface area contributed by atoms with Gasteiger partial charge in [-0.25, -0.2) is 0 Å². The van der Waals surface area contributed by atoms with Crippen LogP contribution in [0.25, 0.3) is 0 Å². The van der Waals surface area contributed by atoms with Crippen molar-refractivity contribution in [3.63, 3.8) is 0 Å². The Morgan fingerprint density at radius 3 is 2.60 bits per heavy atom. The second-order valence-electron chi connectivity index (χ2n) is 3.76. The molecule has 2 rings (SSSR count). The van der Waals surface area contributed by atoms with Crippen LogP contribution in [-0.2, 0) is 9.53 Å². The van der Waals surface area contributed by atoms with Crippen LogP contribution in [0, 0.1) is 5.92 Å².